The topological polar surface area (TPSA) is 12.9 Å². The average molecular weight is 418 g/mol. The minimum Gasteiger partial charge on any atom is -0.248 e. The monoisotopic (exact) mass is 417 g/mol. The van der Waals surface area contributed by atoms with Crippen LogP contribution in [0.15, 0.2) is 78.9 Å². The first-order chi connectivity index (χ1) is 15.1. The van der Waals surface area contributed by atoms with Gasteiger partial charge in [0.15, 0.2) is 0 Å². The standard InChI is InChI=1S/C31H31N/c1-30(2,3)25-19-26(31(4,5)6)24-18-20(12-11-15-21(24)25)29-22-13-7-9-16-27(22)32-28-17-10-8-14-23(28)29/h7-19H,1-6H3. The maximum absolute atomic E-state index is 4.94. The highest BCUT2D eigenvalue weighted by Gasteiger charge is 2.29. The number of rotatable bonds is 1. The van der Waals surface area contributed by atoms with Crippen LogP contribution in [0, 0.1) is 0 Å². The molecule has 1 heterocycles. The van der Waals surface area contributed by atoms with Gasteiger partial charge in [0.2, 0.25) is 0 Å². The summed E-state index contributed by atoms with van der Waals surface area (Å²) in [4.78, 5) is 4.94. The summed E-state index contributed by atoms with van der Waals surface area (Å²) in [5, 5.41) is 2.40. The number of nitrogens with zero attached hydrogens (tertiary/aromatic N) is 1. The Morgan fingerprint density at radius 1 is 0.531 bits per heavy atom. The summed E-state index contributed by atoms with van der Waals surface area (Å²) < 4.78 is 0. The average Bonchev–Trinajstić information content (AvgIpc) is 2.98. The van der Waals surface area contributed by atoms with E-state index in [9.17, 15) is 0 Å². The Morgan fingerprint density at radius 2 is 1.06 bits per heavy atom. The molecule has 0 spiro atoms. The number of para-hydroxylation sites is 2. The molecule has 2 aromatic carbocycles. The lowest BCUT2D eigenvalue weighted by Gasteiger charge is -2.19. The number of hydrogen-bond acceptors (Lipinski definition) is 1. The van der Waals surface area contributed by atoms with E-state index >= 15 is 0 Å². The van der Waals surface area contributed by atoms with Crippen LogP contribution in [-0.4, -0.2) is 4.98 Å². The van der Waals surface area contributed by atoms with E-state index in [0.717, 1.165) is 11.0 Å². The van der Waals surface area contributed by atoms with Gasteiger partial charge in [0.25, 0.3) is 0 Å². The van der Waals surface area contributed by atoms with E-state index in [2.05, 4.69) is 120 Å². The highest BCUT2D eigenvalue weighted by Crippen LogP contribution is 2.45. The van der Waals surface area contributed by atoms with Crippen molar-refractivity contribution in [1.82, 2.24) is 4.98 Å². The summed E-state index contributed by atoms with van der Waals surface area (Å²) in [7, 11) is 0. The molecule has 0 amide bonds. The molecule has 0 N–H and O–H groups in total. The molecule has 0 radical (unpaired) electrons. The normalized spacial score (nSPS) is 12.7. The van der Waals surface area contributed by atoms with E-state index in [1.807, 2.05) is 0 Å². The van der Waals surface area contributed by atoms with E-state index in [0.29, 0.717) is 0 Å². The zero-order valence-electron chi connectivity index (χ0n) is 20.0. The molecule has 0 saturated carbocycles. The first-order valence-electron chi connectivity index (χ1n) is 11.5. The second-order valence-electron chi connectivity index (χ2n) is 10.9. The van der Waals surface area contributed by atoms with Gasteiger partial charge >= 0.3 is 0 Å². The second kappa shape index (κ2) is 7.17. The van der Waals surface area contributed by atoms with Crippen molar-refractivity contribution in [1.29, 1.82) is 0 Å². The third-order valence-corrected chi connectivity index (χ3v) is 6.49. The molecule has 32 heavy (non-hydrogen) atoms. The Bertz CT molecular complexity index is 1370. The molecule has 0 aliphatic heterocycles. The first kappa shape index (κ1) is 20.7. The Kier molecular flexibility index (Phi) is 4.64. The van der Waals surface area contributed by atoms with Gasteiger partial charge in [-0.2, -0.15) is 0 Å². The maximum atomic E-state index is 4.94. The van der Waals surface area contributed by atoms with Gasteiger partial charge in [-0.3, -0.25) is 0 Å². The predicted molar refractivity (Wildman–Crippen MR) is 139 cm³/mol. The molecule has 1 heteroatoms. The molecule has 0 unspecified atom stereocenters. The number of pyridine rings is 1. The van der Waals surface area contributed by atoms with E-state index in [-0.39, 0.29) is 10.8 Å². The molecule has 5 rings (SSSR count). The van der Waals surface area contributed by atoms with Crippen LogP contribution in [-0.2, 0) is 10.8 Å². The molecule has 3 aromatic rings. The van der Waals surface area contributed by atoms with Crippen molar-refractivity contribution in [3.8, 4) is 22.3 Å². The van der Waals surface area contributed by atoms with Crippen molar-refractivity contribution in [3.63, 3.8) is 0 Å². The van der Waals surface area contributed by atoms with Crippen LogP contribution in [0.1, 0.15) is 52.7 Å². The molecule has 0 bridgehead atoms. The number of hydrogen-bond donors (Lipinski definition) is 0. The van der Waals surface area contributed by atoms with Crippen LogP contribution in [0.2, 0.25) is 0 Å². The summed E-state index contributed by atoms with van der Waals surface area (Å²) in [6, 6.07) is 28.7. The molecule has 0 fully saturated rings. The van der Waals surface area contributed by atoms with E-state index in [1.54, 1.807) is 0 Å². The zero-order chi connectivity index (χ0) is 22.7. The summed E-state index contributed by atoms with van der Waals surface area (Å²) in [5.41, 5.74) is 10.3. The van der Waals surface area contributed by atoms with Gasteiger partial charge < -0.3 is 0 Å². The molecule has 2 aliphatic carbocycles. The lowest BCUT2D eigenvalue weighted by molar-refractivity contribution is 0.581. The maximum Gasteiger partial charge on any atom is 0.0715 e. The van der Waals surface area contributed by atoms with Crippen molar-refractivity contribution in [2.75, 3.05) is 0 Å². The van der Waals surface area contributed by atoms with E-state index in [1.165, 1.54) is 44.2 Å². The Balaban J connectivity index is 1.89. The van der Waals surface area contributed by atoms with Gasteiger partial charge in [0.05, 0.1) is 11.0 Å². The van der Waals surface area contributed by atoms with E-state index < -0.39 is 0 Å². The van der Waals surface area contributed by atoms with Gasteiger partial charge in [-0.1, -0.05) is 102 Å². The van der Waals surface area contributed by atoms with Crippen molar-refractivity contribution < 1.29 is 0 Å². The highest BCUT2D eigenvalue weighted by molar-refractivity contribution is 6.09. The highest BCUT2D eigenvalue weighted by atomic mass is 14.7. The van der Waals surface area contributed by atoms with Crippen LogP contribution >= 0.6 is 0 Å². The Hall–Kier alpha value is -3.19. The van der Waals surface area contributed by atoms with Crippen molar-refractivity contribution in [2.24, 2.45) is 0 Å². The van der Waals surface area contributed by atoms with Crippen LogP contribution in [0.3, 0.4) is 0 Å². The quantitative estimate of drug-likeness (QED) is 0.248. The number of aromatic nitrogens is 1. The van der Waals surface area contributed by atoms with Crippen LogP contribution in [0.25, 0.3) is 44.1 Å². The fraction of sp³-hybridized carbons (Fsp3) is 0.258. The van der Waals surface area contributed by atoms with Crippen LogP contribution < -0.4 is 0 Å². The molecule has 0 saturated heterocycles. The minimum absolute atomic E-state index is 0.0652. The van der Waals surface area contributed by atoms with Gasteiger partial charge in [-0.05, 0) is 56.8 Å². The van der Waals surface area contributed by atoms with Crippen molar-refractivity contribution in [2.45, 2.75) is 52.4 Å². The Morgan fingerprint density at radius 3 is 1.62 bits per heavy atom. The largest absolute Gasteiger partial charge is 0.248 e. The van der Waals surface area contributed by atoms with E-state index in [4.69, 9.17) is 4.98 Å². The third kappa shape index (κ3) is 3.37. The molecule has 1 nitrogen and oxygen atoms in total. The molecule has 0 atom stereocenters. The SMILES string of the molecule is CC(C)(C)c1cc(C(C)(C)C)c2cc(-c3c4ccccc4nc4ccccc34)cccc1-2. The molecule has 2 aliphatic rings. The zero-order valence-corrected chi connectivity index (χ0v) is 20.0. The van der Waals surface area contributed by atoms with Gasteiger partial charge in [0, 0.05) is 16.3 Å². The molecule has 160 valence electrons. The molecular formula is C31H31N. The minimum atomic E-state index is 0.0652. The number of benzene rings is 2. The van der Waals surface area contributed by atoms with Gasteiger partial charge in [-0.15, -0.1) is 0 Å². The fourth-order valence-electron chi connectivity index (χ4n) is 4.92. The summed E-state index contributed by atoms with van der Waals surface area (Å²) >= 11 is 0. The second-order valence-corrected chi connectivity index (χ2v) is 10.9. The first-order valence-corrected chi connectivity index (χ1v) is 11.5. The van der Waals surface area contributed by atoms with Crippen molar-refractivity contribution in [3.05, 3.63) is 90.0 Å². The lowest BCUT2D eigenvalue weighted by atomic mass is 9.85. The Labute approximate surface area is 191 Å². The van der Waals surface area contributed by atoms with Crippen LogP contribution in [0.4, 0.5) is 0 Å². The van der Waals surface area contributed by atoms with Crippen molar-refractivity contribution >= 4 is 21.8 Å². The third-order valence-electron chi connectivity index (χ3n) is 6.49. The summed E-state index contributed by atoms with van der Waals surface area (Å²) in [6.45, 7) is 13.9. The fourth-order valence-corrected chi connectivity index (χ4v) is 4.92. The summed E-state index contributed by atoms with van der Waals surface area (Å²) in [5.74, 6) is 0. The van der Waals surface area contributed by atoms with Crippen LogP contribution in [0.5, 0.6) is 0 Å². The number of fused-ring (bicyclic) bond motifs is 3. The smallest absolute Gasteiger partial charge is 0.0715 e. The predicted octanol–water partition coefficient (Wildman–Crippen LogP) is 8.75. The van der Waals surface area contributed by atoms with Gasteiger partial charge in [0.1, 0.15) is 0 Å². The van der Waals surface area contributed by atoms with Gasteiger partial charge in [-0.25, -0.2) is 4.98 Å². The summed E-state index contributed by atoms with van der Waals surface area (Å²) in [6.07, 6.45) is 0. The molecular weight excluding hydrogens is 386 g/mol. The molecule has 1 aromatic heterocycles. The lowest BCUT2D eigenvalue weighted by Crippen LogP contribution is -2.11.